The van der Waals surface area contributed by atoms with E-state index in [4.69, 9.17) is 4.74 Å². The summed E-state index contributed by atoms with van der Waals surface area (Å²) < 4.78 is 9.81. The number of benzene rings is 5. The van der Waals surface area contributed by atoms with Gasteiger partial charge in [0.15, 0.2) is 40.7 Å². The van der Waals surface area contributed by atoms with Crippen LogP contribution in [0.1, 0.15) is 53.4 Å². The number of methoxy groups -OCH3 is 1. The van der Waals surface area contributed by atoms with Gasteiger partial charge >= 0.3 is 0 Å². The third kappa shape index (κ3) is 4.99. The van der Waals surface area contributed by atoms with Crippen molar-refractivity contribution in [3.63, 3.8) is 0 Å². The van der Waals surface area contributed by atoms with E-state index in [1.165, 1.54) is 20.1 Å². The number of phenols is 1. The number of allylic oxidation sites excluding steroid dienone is 1. The normalized spacial score (nSPS) is 14.0. The summed E-state index contributed by atoms with van der Waals surface area (Å²) in [6, 6.07) is 14.7. The number of aliphatic hydroxyl groups excluding tert-OH is 2. The van der Waals surface area contributed by atoms with Crippen LogP contribution in [0, 0.1) is 0 Å². The summed E-state index contributed by atoms with van der Waals surface area (Å²) in [5, 5.41) is 43.8. The Morgan fingerprint density at radius 2 is 1.39 bits per heavy atom. The first-order valence-corrected chi connectivity index (χ1v) is 17.7. The van der Waals surface area contributed by atoms with Crippen LogP contribution in [-0.2, 0) is 45.2 Å². The fourth-order valence-electron chi connectivity index (χ4n) is 8.61. The fourth-order valence-corrected chi connectivity index (χ4v) is 8.61. The molecule has 11 heteroatoms. The highest BCUT2D eigenvalue weighted by molar-refractivity contribution is 6.39. The van der Waals surface area contributed by atoms with E-state index >= 15 is 4.79 Å². The predicted octanol–water partition coefficient (Wildman–Crippen LogP) is 4.56. The Bertz CT molecular complexity index is 2870. The average molecular weight is 725 g/mol. The summed E-state index contributed by atoms with van der Waals surface area (Å²) in [6.45, 7) is 2.93. The van der Waals surface area contributed by atoms with Crippen LogP contribution in [0.5, 0.6) is 11.5 Å². The monoisotopic (exact) mass is 724 g/mol. The lowest BCUT2D eigenvalue weighted by Crippen LogP contribution is -2.34. The Labute approximate surface area is 309 Å². The standard InChI is InChI=1S/C43H38N4O7/c1-21-14-27-33-36-31(32-24(20-49)16-29(51)35-37(32)38(33)39(30(21)22(2)50)43(54-5)42(35)53)23(19-48)15-28(44-17-25-10-6-8-12-46(25)3)34(36)41(52)40(27)45-18-26-11-7-9-13-47(26)4/h6-16,30,48-49H,17-20H2,1-5H3,(H-2,44,45,51,52,53)/p+2. The van der Waals surface area contributed by atoms with E-state index in [-0.39, 0.29) is 40.1 Å². The number of aliphatic hydroxyl groups is 2. The number of hydrogen-bond donors (Lipinski definition) is 5. The van der Waals surface area contributed by atoms with Gasteiger partial charge in [-0.2, -0.15) is 0 Å². The number of aromatic hydroxyl groups is 1. The molecule has 1 unspecified atom stereocenters. The van der Waals surface area contributed by atoms with Crippen molar-refractivity contribution in [3.05, 3.63) is 121 Å². The Hall–Kier alpha value is -6.17. The average Bonchev–Trinajstić information content (AvgIpc) is 3.28. The van der Waals surface area contributed by atoms with Gasteiger partial charge in [-0.25, -0.2) is 9.13 Å². The largest absolute Gasteiger partial charge is 0.504 e. The highest BCUT2D eigenvalue weighted by atomic mass is 16.5. The minimum atomic E-state index is -0.915. The predicted molar refractivity (Wildman–Crippen MR) is 208 cm³/mol. The molecular formula is C43H40N4O7+2. The SMILES string of the molecule is COc1c(O)c2c(=O)cc(CO)c3c4c(CO)cc(NCc5cccc[n+]5C)c5c(=O)c(NCc6cccc[n+]6C)c6c(c(c1C(C(C)=O)C(C)=C6)c23)c54. The zero-order chi connectivity index (χ0) is 38.2. The molecule has 0 saturated heterocycles. The van der Waals surface area contributed by atoms with Gasteiger partial charge in [-0.15, -0.1) is 0 Å². The van der Waals surface area contributed by atoms with E-state index in [0.717, 1.165) is 11.4 Å². The molecule has 7 aromatic rings. The highest BCUT2D eigenvalue weighted by Gasteiger charge is 2.37. The Balaban J connectivity index is 1.65. The summed E-state index contributed by atoms with van der Waals surface area (Å²) in [7, 11) is 5.24. The highest BCUT2D eigenvalue weighted by Crippen LogP contribution is 2.56. The summed E-state index contributed by atoms with van der Waals surface area (Å²) in [4.78, 5) is 43.0. The van der Waals surface area contributed by atoms with Crippen LogP contribution in [0.3, 0.4) is 0 Å². The Kier molecular flexibility index (Phi) is 8.43. The lowest BCUT2D eigenvalue weighted by Gasteiger charge is -2.26. The first-order chi connectivity index (χ1) is 26.0. The number of anilines is 2. The van der Waals surface area contributed by atoms with Gasteiger partial charge in [-0.1, -0.05) is 23.8 Å². The number of carbonyl (C=O) groups is 1. The van der Waals surface area contributed by atoms with Crippen molar-refractivity contribution in [2.45, 2.75) is 46.1 Å². The van der Waals surface area contributed by atoms with Crippen molar-refractivity contribution in [1.29, 1.82) is 0 Å². The molecule has 1 atom stereocenters. The minimum absolute atomic E-state index is 0.0139. The van der Waals surface area contributed by atoms with Gasteiger partial charge in [0, 0.05) is 57.2 Å². The van der Waals surface area contributed by atoms with Crippen LogP contribution in [0.4, 0.5) is 11.4 Å². The third-order valence-electron chi connectivity index (χ3n) is 11.0. The zero-order valence-electron chi connectivity index (χ0n) is 30.6. The lowest BCUT2D eigenvalue weighted by molar-refractivity contribution is -0.679. The quantitative estimate of drug-likeness (QED) is 0.0777. The Morgan fingerprint density at radius 1 is 0.796 bits per heavy atom. The molecule has 11 nitrogen and oxygen atoms in total. The number of nitrogens with zero attached hydrogens (tertiary/aromatic N) is 2. The molecule has 1 aliphatic rings. The third-order valence-corrected chi connectivity index (χ3v) is 11.0. The summed E-state index contributed by atoms with van der Waals surface area (Å²) >= 11 is 0. The molecule has 2 heterocycles. The van der Waals surface area contributed by atoms with Gasteiger partial charge < -0.3 is 30.7 Å². The molecule has 0 radical (unpaired) electrons. The fraction of sp³-hybridized carbons (Fsp3) is 0.233. The summed E-state index contributed by atoms with van der Waals surface area (Å²) in [5.41, 5.74) is 3.95. The second kappa shape index (κ2) is 13.0. The summed E-state index contributed by atoms with van der Waals surface area (Å²) in [6.07, 6.45) is 5.69. The molecule has 2 aromatic heterocycles. The van der Waals surface area contributed by atoms with Crippen molar-refractivity contribution in [3.8, 4) is 11.5 Å². The van der Waals surface area contributed by atoms with Crippen LogP contribution in [0.2, 0.25) is 0 Å². The maximum Gasteiger partial charge on any atom is 0.212 e. The number of phenolic OH excluding ortho intramolecular Hbond substituents is 1. The lowest BCUT2D eigenvalue weighted by atomic mass is 9.79. The number of rotatable bonds is 10. The number of nitrogens with one attached hydrogen (secondary N) is 2. The van der Waals surface area contributed by atoms with E-state index in [0.29, 0.717) is 72.2 Å². The van der Waals surface area contributed by atoms with E-state index in [2.05, 4.69) is 10.6 Å². The van der Waals surface area contributed by atoms with Crippen molar-refractivity contribution in [1.82, 2.24) is 0 Å². The molecule has 0 saturated carbocycles. The van der Waals surface area contributed by atoms with E-state index in [9.17, 15) is 24.9 Å². The molecule has 5 aromatic carbocycles. The van der Waals surface area contributed by atoms with Gasteiger partial charge in [0.1, 0.15) is 33.0 Å². The van der Waals surface area contributed by atoms with Crippen LogP contribution in [-0.4, -0.2) is 28.2 Å². The number of aryl methyl sites for hydroxylation is 2. The van der Waals surface area contributed by atoms with Gasteiger partial charge in [0.25, 0.3) is 0 Å². The molecule has 54 heavy (non-hydrogen) atoms. The number of pyridine rings is 2. The molecule has 0 amide bonds. The van der Waals surface area contributed by atoms with Crippen molar-refractivity contribution >= 4 is 66.3 Å². The Morgan fingerprint density at radius 3 is 1.96 bits per heavy atom. The number of Topliss-reactive ketones (excluding diaryl/α,β-unsaturated/α-hetero) is 1. The zero-order valence-corrected chi connectivity index (χ0v) is 30.6. The topological polar surface area (TPSA) is 153 Å². The maximum atomic E-state index is 15.3. The number of fused-ring (bicyclic) bond motifs is 1. The maximum absolute atomic E-state index is 15.3. The van der Waals surface area contributed by atoms with Crippen molar-refractivity contribution in [2.24, 2.45) is 14.1 Å². The number of aromatic nitrogens is 2. The summed E-state index contributed by atoms with van der Waals surface area (Å²) in [5.74, 6) is -1.58. The molecule has 0 aliphatic heterocycles. The number of ketones is 1. The molecule has 5 N–H and O–H groups in total. The van der Waals surface area contributed by atoms with Gasteiger partial charge in [0.2, 0.25) is 5.43 Å². The smallest absolute Gasteiger partial charge is 0.212 e. The van der Waals surface area contributed by atoms with Crippen LogP contribution < -0.4 is 35.4 Å². The molecule has 0 fully saturated rings. The molecule has 8 rings (SSSR count). The van der Waals surface area contributed by atoms with Crippen molar-refractivity contribution < 1.29 is 34.0 Å². The molecule has 1 aliphatic carbocycles. The van der Waals surface area contributed by atoms with Gasteiger partial charge in [-0.3, -0.25) is 14.4 Å². The molecular weight excluding hydrogens is 684 g/mol. The van der Waals surface area contributed by atoms with Crippen LogP contribution >= 0.6 is 0 Å². The molecule has 272 valence electrons. The second-order valence-corrected chi connectivity index (χ2v) is 14.1. The first-order valence-electron chi connectivity index (χ1n) is 17.7. The molecule has 0 spiro atoms. The van der Waals surface area contributed by atoms with Crippen molar-refractivity contribution in [2.75, 3.05) is 17.7 Å². The van der Waals surface area contributed by atoms with E-state index < -0.39 is 30.3 Å². The van der Waals surface area contributed by atoms with Crippen LogP contribution in [0.25, 0.3) is 49.2 Å². The number of ether oxygens (including phenoxy) is 1. The van der Waals surface area contributed by atoms with Crippen LogP contribution in [0.15, 0.2) is 76.1 Å². The first kappa shape index (κ1) is 34.9. The van der Waals surface area contributed by atoms with Gasteiger partial charge in [0.05, 0.1) is 42.7 Å². The van der Waals surface area contributed by atoms with Gasteiger partial charge in [-0.05, 0) is 53.3 Å². The van der Waals surface area contributed by atoms with E-state index in [1.807, 2.05) is 78.1 Å². The van der Waals surface area contributed by atoms with E-state index in [1.54, 1.807) is 13.0 Å². The number of carbonyl (C=O) groups excluding carboxylic acids is 1. The second-order valence-electron chi connectivity index (χ2n) is 14.1. The minimum Gasteiger partial charge on any atom is -0.504 e. The number of hydrogen-bond acceptors (Lipinski definition) is 9. The molecule has 0 bridgehead atoms.